The lowest BCUT2D eigenvalue weighted by molar-refractivity contribution is 0.349. The zero-order chi connectivity index (χ0) is 12.4. The van der Waals surface area contributed by atoms with Crippen molar-refractivity contribution in [3.05, 3.63) is 18.2 Å². The lowest BCUT2D eigenvalue weighted by Gasteiger charge is -2.25. The summed E-state index contributed by atoms with van der Waals surface area (Å²) in [5.74, 6) is 2.44. The number of nitrogens with zero attached hydrogens (tertiary/aromatic N) is 2. The van der Waals surface area contributed by atoms with Crippen molar-refractivity contribution in [3.63, 3.8) is 0 Å². The molecule has 0 amide bonds. The maximum atomic E-state index is 4.40. The van der Waals surface area contributed by atoms with E-state index < -0.39 is 0 Å². The minimum atomic E-state index is 0.679. The Morgan fingerprint density at radius 2 is 2.28 bits per heavy atom. The van der Waals surface area contributed by atoms with Crippen LogP contribution in [0.3, 0.4) is 0 Å². The Morgan fingerprint density at radius 3 is 3.00 bits per heavy atom. The maximum Gasteiger partial charge on any atom is 0.0948 e. The van der Waals surface area contributed by atoms with Crippen molar-refractivity contribution in [2.45, 2.75) is 51.5 Å². The molecule has 3 rings (SSSR count). The predicted octanol–water partition coefficient (Wildman–Crippen LogP) is 2.79. The Labute approximate surface area is 110 Å². The van der Waals surface area contributed by atoms with Gasteiger partial charge in [-0.1, -0.05) is 19.8 Å². The maximum absolute atomic E-state index is 4.40. The van der Waals surface area contributed by atoms with Crippen LogP contribution in [0, 0.1) is 11.8 Å². The molecule has 2 heterocycles. The molecular weight excluding hydrogens is 222 g/mol. The van der Waals surface area contributed by atoms with E-state index >= 15 is 0 Å². The molecule has 1 aliphatic carbocycles. The SMILES string of the molecule is CC1CCCC1Cn1cncc1C1CCCNC1. The van der Waals surface area contributed by atoms with E-state index in [-0.39, 0.29) is 0 Å². The van der Waals surface area contributed by atoms with Gasteiger partial charge in [-0.2, -0.15) is 0 Å². The van der Waals surface area contributed by atoms with Crippen molar-refractivity contribution in [2.75, 3.05) is 13.1 Å². The number of hydrogen-bond donors (Lipinski definition) is 1. The van der Waals surface area contributed by atoms with Crippen molar-refractivity contribution in [3.8, 4) is 0 Å². The molecule has 2 fully saturated rings. The summed E-state index contributed by atoms with van der Waals surface area (Å²) in [6.45, 7) is 5.92. The van der Waals surface area contributed by atoms with Crippen LogP contribution in [0.15, 0.2) is 12.5 Å². The first-order valence-electron chi connectivity index (χ1n) is 7.55. The van der Waals surface area contributed by atoms with E-state index in [2.05, 4.69) is 34.3 Å². The molecule has 1 aromatic rings. The van der Waals surface area contributed by atoms with Gasteiger partial charge in [0.2, 0.25) is 0 Å². The van der Waals surface area contributed by atoms with Crippen LogP contribution >= 0.6 is 0 Å². The summed E-state index contributed by atoms with van der Waals surface area (Å²) in [5.41, 5.74) is 1.46. The highest BCUT2D eigenvalue weighted by atomic mass is 15.1. The van der Waals surface area contributed by atoms with Crippen molar-refractivity contribution >= 4 is 0 Å². The van der Waals surface area contributed by atoms with Gasteiger partial charge in [0.1, 0.15) is 0 Å². The van der Waals surface area contributed by atoms with Crippen LogP contribution in [0.4, 0.5) is 0 Å². The highest BCUT2D eigenvalue weighted by Crippen LogP contribution is 2.33. The zero-order valence-electron chi connectivity index (χ0n) is 11.4. The topological polar surface area (TPSA) is 29.9 Å². The molecule has 0 bridgehead atoms. The third kappa shape index (κ3) is 2.46. The molecule has 3 nitrogen and oxygen atoms in total. The van der Waals surface area contributed by atoms with Gasteiger partial charge < -0.3 is 9.88 Å². The summed E-state index contributed by atoms with van der Waals surface area (Å²) in [7, 11) is 0. The van der Waals surface area contributed by atoms with Gasteiger partial charge in [0.05, 0.1) is 6.33 Å². The average Bonchev–Trinajstić information content (AvgIpc) is 3.01. The third-order valence-electron chi connectivity index (χ3n) is 4.93. The number of aromatic nitrogens is 2. The fraction of sp³-hybridized carbons (Fsp3) is 0.800. The smallest absolute Gasteiger partial charge is 0.0948 e. The molecule has 3 heteroatoms. The fourth-order valence-corrected chi connectivity index (χ4v) is 3.67. The number of imidazole rings is 1. The number of hydrogen-bond acceptors (Lipinski definition) is 2. The molecule has 3 unspecified atom stereocenters. The number of rotatable bonds is 3. The van der Waals surface area contributed by atoms with Gasteiger partial charge in [-0.05, 0) is 37.6 Å². The molecule has 0 aromatic carbocycles. The van der Waals surface area contributed by atoms with Crippen LogP contribution in [-0.4, -0.2) is 22.6 Å². The average molecular weight is 247 g/mol. The van der Waals surface area contributed by atoms with Gasteiger partial charge in [0.25, 0.3) is 0 Å². The normalized spacial score (nSPS) is 32.8. The highest BCUT2D eigenvalue weighted by molar-refractivity contribution is 5.08. The fourth-order valence-electron chi connectivity index (χ4n) is 3.67. The molecule has 3 atom stereocenters. The highest BCUT2D eigenvalue weighted by Gasteiger charge is 2.25. The Balaban J connectivity index is 1.70. The van der Waals surface area contributed by atoms with Gasteiger partial charge >= 0.3 is 0 Å². The van der Waals surface area contributed by atoms with E-state index in [1.54, 1.807) is 0 Å². The zero-order valence-corrected chi connectivity index (χ0v) is 11.4. The monoisotopic (exact) mass is 247 g/mol. The molecule has 2 aliphatic rings. The standard InChI is InChI=1S/C15H25N3/c1-12-4-2-5-14(12)10-18-11-17-9-15(18)13-6-3-7-16-8-13/h9,11-14,16H,2-8,10H2,1H3. The minimum Gasteiger partial charge on any atom is -0.334 e. The van der Waals surface area contributed by atoms with Crippen LogP contribution in [0.5, 0.6) is 0 Å². The Bertz CT molecular complexity index is 379. The Hall–Kier alpha value is -0.830. The van der Waals surface area contributed by atoms with Crippen LogP contribution in [0.25, 0.3) is 0 Å². The first-order chi connectivity index (χ1) is 8.84. The summed E-state index contributed by atoms with van der Waals surface area (Å²) in [5, 5.41) is 3.51. The van der Waals surface area contributed by atoms with E-state index in [1.807, 2.05) is 0 Å². The summed E-state index contributed by atoms with van der Waals surface area (Å²) < 4.78 is 2.43. The van der Waals surface area contributed by atoms with E-state index in [1.165, 1.54) is 50.9 Å². The molecule has 0 spiro atoms. The molecule has 1 saturated carbocycles. The second kappa shape index (κ2) is 5.43. The quantitative estimate of drug-likeness (QED) is 0.890. The van der Waals surface area contributed by atoms with Crippen molar-refractivity contribution in [1.29, 1.82) is 0 Å². The Morgan fingerprint density at radius 1 is 1.33 bits per heavy atom. The molecule has 18 heavy (non-hydrogen) atoms. The van der Waals surface area contributed by atoms with Gasteiger partial charge in [0.15, 0.2) is 0 Å². The molecule has 1 N–H and O–H groups in total. The minimum absolute atomic E-state index is 0.679. The lowest BCUT2D eigenvalue weighted by atomic mass is 9.95. The van der Waals surface area contributed by atoms with Crippen molar-refractivity contribution in [2.24, 2.45) is 11.8 Å². The van der Waals surface area contributed by atoms with Crippen LogP contribution in [0.1, 0.15) is 50.6 Å². The van der Waals surface area contributed by atoms with Crippen LogP contribution < -0.4 is 5.32 Å². The molecule has 1 aliphatic heterocycles. The van der Waals surface area contributed by atoms with E-state index in [4.69, 9.17) is 0 Å². The molecule has 1 saturated heterocycles. The van der Waals surface area contributed by atoms with Crippen LogP contribution in [-0.2, 0) is 6.54 Å². The summed E-state index contributed by atoms with van der Waals surface area (Å²) in [6.07, 6.45) is 11.0. The molecule has 0 radical (unpaired) electrons. The summed E-state index contributed by atoms with van der Waals surface area (Å²) >= 11 is 0. The van der Waals surface area contributed by atoms with Crippen LogP contribution in [0.2, 0.25) is 0 Å². The largest absolute Gasteiger partial charge is 0.334 e. The van der Waals surface area contributed by atoms with E-state index in [0.717, 1.165) is 18.4 Å². The Kier molecular flexibility index (Phi) is 3.69. The lowest BCUT2D eigenvalue weighted by Crippen LogP contribution is -2.30. The van der Waals surface area contributed by atoms with Crippen molar-refractivity contribution < 1.29 is 0 Å². The number of nitrogens with one attached hydrogen (secondary N) is 1. The van der Waals surface area contributed by atoms with Gasteiger partial charge in [-0.25, -0.2) is 4.98 Å². The summed E-state index contributed by atoms with van der Waals surface area (Å²) in [6, 6.07) is 0. The van der Waals surface area contributed by atoms with Crippen molar-refractivity contribution in [1.82, 2.24) is 14.9 Å². The predicted molar refractivity (Wildman–Crippen MR) is 73.6 cm³/mol. The summed E-state index contributed by atoms with van der Waals surface area (Å²) in [4.78, 5) is 4.40. The second-order valence-electron chi connectivity index (χ2n) is 6.18. The first kappa shape index (κ1) is 12.2. The molecular formula is C15H25N3. The first-order valence-corrected chi connectivity index (χ1v) is 7.55. The number of piperidine rings is 1. The van der Waals surface area contributed by atoms with Gasteiger partial charge in [-0.3, -0.25) is 0 Å². The van der Waals surface area contributed by atoms with E-state index in [0.29, 0.717) is 5.92 Å². The van der Waals surface area contributed by atoms with Gasteiger partial charge in [0, 0.05) is 30.9 Å². The molecule has 1 aromatic heterocycles. The van der Waals surface area contributed by atoms with E-state index in [9.17, 15) is 0 Å². The molecule has 100 valence electrons. The second-order valence-corrected chi connectivity index (χ2v) is 6.18. The van der Waals surface area contributed by atoms with Gasteiger partial charge in [-0.15, -0.1) is 0 Å². The third-order valence-corrected chi connectivity index (χ3v) is 4.93.